The minimum Gasteiger partial charge on any atom is -0.466 e. The highest BCUT2D eigenvalue weighted by molar-refractivity contribution is 7.89. The molecule has 0 aliphatic carbocycles. The van der Waals surface area contributed by atoms with Crippen LogP contribution in [-0.4, -0.2) is 42.3 Å². The van der Waals surface area contributed by atoms with Gasteiger partial charge in [0.1, 0.15) is 11.9 Å². The fourth-order valence-corrected chi connectivity index (χ4v) is 6.02. The molecule has 0 aromatic heterocycles. The molecular formula is C22H25FN2O6S. The van der Waals surface area contributed by atoms with E-state index in [1.165, 1.54) is 24.3 Å². The topological polar surface area (TPSA) is 107 Å². The summed E-state index contributed by atoms with van der Waals surface area (Å²) in [4.78, 5) is 23.6. The molecule has 8 nitrogen and oxygen atoms in total. The predicted octanol–water partition coefficient (Wildman–Crippen LogP) is 3.55. The molecule has 0 bridgehead atoms. The van der Waals surface area contributed by atoms with Crippen molar-refractivity contribution in [1.82, 2.24) is 4.31 Å². The fraction of sp³-hybridized carbons (Fsp3) is 0.409. The van der Waals surface area contributed by atoms with Gasteiger partial charge < -0.3 is 4.74 Å². The molecule has 0 N–H and O–H groups in total. The zero-order valence-electron chi connectivity index (χ0n) is 18.0. The maximum Gasteiger partial charge on any atom is 0.307 e. The molecule has 1 fully saturated rings. The summed E-state index contributed by atoms with van der Waals surface area (Å²) < 4.78 is 47.2. The molecular weight excluding hydrogens is 439 g/mol. The van der Waals surface area contributed by atoms with Crippen LogP contribution in [-0.2, 0) is 19.6 Å². The second-order valence-electron chi connectivity index (χ2n) is 7.85. The van der Waals surface area contributed by atoms with Crippen molar-refractivity contribution in [2.45, 2.75) is 56.6 Å². The van der Waals surface area contributed by atoms with Gasteiger partial charge in [-0.1, -0.05) is 23.8 Å². The first kappa shape index (κ1) is 23.8. The number of benzene rings is 2. The monoisotopic (exact) mass is 464 g/mol. The molecule has 2 aromatic rings. The number of esters is 1. The fourth-order valence-electron chi connectivity index (χ4n) is 4.19. The molecule has 2 aromatic carbocycles. The van der Waals surface area contributed by atoms with E-state index < -0.39 is 44.9 Å². The van der Waals surface area contributed by atoms with Crippen molar-refractivity contribution in [3.8, 4) is 0 Å². The Bertz CT molecular complexity index is 1120. The molecule has 0 radical (unpaired) electrons. The quantitative estimate of drug-likeness (QED) is 0.352. The van der Waals surface area contributed by atoms with Crippen LogP contribution in [0.5, 0.6) is 0 Å². The number of nitrogens with zero attached hydrogens (tertiary/aromatic N) is 2. The number of carbonyl (C=O) groups excluding carboxylic acids is 1. The number of sulfonamides is 1. The lowest BCUT2D eigenvalue weighted by molar-refractivity contribution is -0.525. The van der Waals surface area contributed by atoms with E-state index in [2.05, 4.69) is 0 Å². The third-order valence-corrected chi connectivity index (χ3v) is 7.59. The zero-order valence-corrected chi connectivity index (χ0v) is 18.8. The summed E-state index contributed by atoms with van der Waals surface area (Å²) in [6.07, 6.45) is -0.488. The number of carbonyl (C=O) groups is 1. The average Bonchev–Trinajstić information content (AvgIpc) is 3.08. The van der Waals surface area contributed by atoms with Crippen molar-refractivity contribution in [3.63, 3.8) is 0 Å². The molecule has 3 rings (SSSR count). The van der Waals surface area contributed by atoms with E-state index in [1.54, 1.807) is 26.0 Å². The Balaban J connectivity index is 2.18. The van der Waals surface area contributed by atoms with Crippen molar-refractivity contribution in [2.75, 3.05) is 6.61 Å². The van der Waals surface area contributed by atoms with Gasteiger partial charge in [0.05, 0.1) is 17.9 Å². The number of rotatable bonds is 7. The summed E-state index contributed by atoms with van der Waals surface area (Å²) in [7, 11) is -4.23. The lowest BCUT2D eigenvalue weighted by Gasteiger charge is -2.29. The summed E-state index contributed by atoms with van der Waals surface area (Å²) in [6.45, 7) is 5.11. The van der Waals surface area contributed by atoms with Gasteiger partial charge in [-0.2, -0.15) is 4.31 Å². The molecule has 1 aliphatic heterocycles. The Morgan fingerprint density at radius 1 is 1.22 bits per heavy atom. The number of halogens is 1. The molecule has 32 heavy (non-hydrogen) atoms. The summed E-state index contributed by atoms with van der Waals surface area (Å²) in [6, 6.07) is 6.37. The summed E-state index contributed by atoms with van der Waals surface area (Å²) in [5.41, 5.74) is 1.57. The number of aryl methyl sites for hydroxylation is 2. The predicted molar refractivity (Wildman–Crippen MR) is 115 cm³/mol. The molecule has 0 amide bonds. The number of hydrogen-bond acceptors (Lipinski definition) is 6. The van der Waals surface area contributed by atoms with Crippen molar-refractivity contribution < 1.29 is 27.3 Å². The van der Waals surface area contributed by atoms with Gasteiger partial charge >= 0.3 is 5.97 Å². The number of nitro groups is 1. The molecule has 0 unspecified atom stereocenters. The summed E-state index contributed by atoms with van der Waals surface area (Å²) in [5, 5.41) is 12.0. The minimum atomic E-state index is -4.23. The van der Waals surface area contributed by atoms with Gasteiger partial charge in [-0.25, -0.2) is 12.8 Å². The Labute approximate surface area is 186 Å². The van der Waals surface area contributed by atoms with Gasteiger partial charge in [0.25, 0.3) is 0 Å². The Morgan fingerprint density at radius 2 is 1.88 bits per heavy atom. The SMILES string of the molecule is CCOC(=O)C[C@@H]1C[C@@H]([N+](=O)[O-])[C@H](c2ccc(F)cc2C)N1S(=O)(=O)c1ccc(C)cc1. The average molecular weight is 465 g/mol. The maximum absolute atomic E-state index is 13.7. The van der Waals surface area contributed by atoms with Gasteiger partial charge in [-0.15, -0.1) is 0 Å². The van der Waals surface area contributed by atoms with E-state index in [9.17, 15) is 27.7 Å². The van der Waals surface area contributed by atoms with Crippen LogP contribution in [0, 0.1) is 29.8 Å². The van der Waals surface area contributed by atoms with Gasteiger partial charge in [-0.3, -0.25) is 14.9 Å². The van der Waals surface area contributed by atoms with Crippen LogP contribution in [0.2, 0.25) is 0 Å². The molecule has 3 atom stereocenters. The zero-order chi connectivity index (χ0) is 23.6. The maximum atomic E-state index is 13.7. The molecule has 1 heterocycles. The lowest BCUT2D eigenvalue weighted by Crippen LogP contribution is -2.40. The van der Waals surface area contributed by atoms with Gasteiger partial charge in [0.2, 0.25) is 16.1 Å². The smallest absolute Gasteiger partial charge is 0.307 e. The summed E-state index contributed by atoms with van der Waals surface area (Å²) in [5.74, 6) is -1.17. The highest BCUT2D eigenvalue weighted by Crippen LogP contribution is 2.44. The molecule has 1 aliphatic rings. The van der Waals surface area contributed by atoms with Crippen molar-refractivity contribution in [2.24, 2.45) is 0 Å². The van der Waals surface area contributed by atoms with E-state index in [0.29, 0.717) is 11.1 Å². The molecule has 10 heteroatoms. The second kappa shape index (κ2) is 9.33. The van der Waals surface area contributed by atoms with Crippen LogP contribution in [0.25, 0.3) is 0 Å². The highest BCUT2D eigenvalue weighted by atomic mass is 32.2. The first-order valence-corrected chi connectivity index (χ1v) is 11.7. The van der Waals surface area contributed by atoms with Crippen LogP contribution in [0.15, 0.2) is 47.4 Å². The third-order valence-electron chi connectivity index (χ3n) is 5.64. The normalized spacial score (nSPS) is 21.4. The van der Waals surface area contributed by atoms with Crippen molar-refractivity contribution >= 4 is 16.0 Å². The molecule has 1 saturated heterocycles. The van der Waals surface area contributed by atoms with Crippen LogP contribution in [0.1, 0.15) is 42.5 Å². The van der Waals surface area contributed by atoms with E-state index in [1.807, 2.05) is 6.92 Å². The van der Waals surface area contributed by atoms with E-state index in [-0.39, 0.29) is 24.3 Å². The van der Waals surface area contributed by atoms with E-state index >= 15 is 0 Å². The Morgan fingerprint density at radius 3 is 2.44 bits per heavy atom. The van der Waals surface area contributed by atoms with Crippen LogP contribution >= 0.6 is 0 Å². The third kappa shape index (κ3) is 4.66. The van der Waals surface area contributed by atoms with Gasteiger partial charge in [0, 0.05) is 17.4 Å². The van der Waals surface area contributed by atoms with Crippen LogP contribution in [0.3, 0.4) is 0 Å². The Hall–Kier alpha value is -2.85. The lowest BCUT2D eigenvalue weighted by atomic mass is 9.96. The van der Waals surface area contributed by atoms with Crippen molar-refractivity contribution in [3.05, 3.63) is 75.1 Å². The van der Waals surface area contributed by atoms with Gasteiger partial charge in [-0.05, 0) is 56.2 Å². The van der Waals surface area contributed by atoms with Crippen LogP contribution < -0.4 is 0 Å². The molecule has 172 valence electrons. The first-order valence-electron chi connectivity index (χ1n) is 10.2. The number of hydrogen-bond donors (Lipinski definition) is 0. The first-order chi connectivity index (χ1) is 15.1. The standard InChI is InChI=1S/C22H25FN2O6S/c1-4-31-21(26)13-17-12-20(25(27)28)22(19-10-7-16(23)11-15(19)3)24(17)32(29,30)18-8-5-14(2)6-9-18/h5-11,17,20,22H,4,12-13H2,1-3H3/t17-,20+,22-/m0/s1. The highest BCUT2D eigenvalue weighted by Gasteiger charge is 2.55. The van der Waals surface area contributed by atoms with Crippen LogP contribution in [0.4, 0.5) is 4.39 Å². The number of ether oxygens (including phenoxy) is 1. The second-order valence-corrected chi connectivity index (χ2v) is 9.69. The molecule has 0 saturated carbocycles. The minimum absolute atomic E-state index is 0.0364. The molecule has 0 spiro atoms. The Kier molecular flexibility index (Phi) is 6.94. The van der Waals surface area contributed by atoms with E-state index in [0.717, 1.165) is 15.9 Å². The van der Waals surface area contributed by atoms with E-state index in [4.69, 9.17) is 4.74 Å². The largest absolute Gasteiger partial charge is 0.466 e. The van der Waals surface area contributed by atoms with Gasteiger partial charge in [0.15, 0.2) is 0 Å². The summed E-state index contributed by atoms with van der Waals surface area (Å²) >= 11 is 0. The van der Waals surface area contributed by atoms with Crippen molar-refractivity contribution in [1.29, 1.82) is 0 Å².